The molecule has 0 aliphatic heterocycles. The predicted molar refractivity (Wildman–Crippen MR) is 61.8 cm³/mol. The summed E-state index contributed by atoms with van der Waals surface area (Å²) in [6.07, 6.45) is 0. The molecule has 0 amide bonds. The first-order valence-electron chi connectivity index (χ1n) is 4.55. The maximum absolute atomic E-state index is 4.51. The van der Waals surface area contributed by atoms with E-state index in [1.807, 2.05) is 6.07 Å². The van der Waals surface area contributed by atoms with Crippen molar-refractivity contribution in [3.63, 3.8) is 0 Å². The SMILES string of the molecule is c1ccc2c(c1)npc1ccccc12. The first-order chi connectivity index (χ1) is 6.95. The van der Waals surface area contributed by atoms with Crippen molar-refractivity contribution in [2.24, 2.45) is 0 Å². The van der Waals surface area contributed by atoms with Crippen LogP contribution in [-0.2, 0) is 0 Å². The van der Waals surface area contributed by atoms with Crippen LogP contribution in [0.4, 0.5) is 0 Å². The summed E-state index contributed by atoms with van der Waals surface area (Å²) < 4.78 is 4.51. The molecule has 1 nitrogen and oxygen atoms in total. The second kappa shape index (κ2) is 3.04. The minimum absolute atomic E-state index is 1.06. The molecule has 1 aromatic heterocycles. The number of benzene rings is 2. The van der Waals surface area contributed by atoms with E-state index >= 15 is 0 Å². The Morgan fingerprint density at radius 2 is 1.50 bits per heavy atom. The standard InChI is InChI=1S/C12H8NP/c1-3-7-11-9(5-1)10-6-2-4-8-12(10)14-13-11/h1-8H. The quantitative estimate of drug-likeness (QED) is 0.497. The molecule has 0 spiro atoms. The third-order valence-corrected chi connectivity index (χ3v) is 3.28. The monoisotopic (exact) mass is 197 g/mol. The van der Waals surface area contributed by atoms with Gasteiger partial charge in [-0.2, -0.15) is 0 Å². The molecule has 0 aliphatic rings. The highest BCUT2D eigenvalue weighted by Gasteiger charge is 1.99. The highest BCUT2D eigenvalue weighted by atomic mass is 31.0. The molecule has 3 rings (SSSR count). The van der Waals surface area contributed by atoms with Gasteiger partial charge in [-0.25, -0.2) is 4.75 Å². The van der Waals surface area contributed by atoms with Gasteiger partial charge in [0.2, 0.25) is 0 Å². The van der Waals surface area contributed by atoms with E-state index in [-0.39, 0.29) is 0 Å². The summed E-state index contributed by atoms with van der Waals surface area (Å²) in [5.41, 5.74) is 1.10. The van der Waals surface area contributed by atoms with Crippen LogP contribution in [-0.4, -0.2) is 4.75 Å². The largest absolute Gasteiger partial charge is 0.227 e. The lowest BCUT2D eigenvalue weighted by molar-refractivity contribution is 1.64. The van der Waals surface area contributed by atoms with Gasteiger partial charge in [0.15, 0.2) is 0 Å². The third kappa shape index (κ3) is 1.10. The Labute approximate surface area is 83.6 Å². The van der Waals surface area contributed by atoms with Crippen LogP contribution in [0.3, 0.4) is 0 Å². The van der Waals surface area contributed by atoms with Gasteiger partial charge >= 0.3 is 0 Å². The molecular weight excluding hydrogens is 189 g/mol. The predicted octanol–water partition coefficient (Wildman–Crippen LogP) is 3.97. The topological polar surface area (TPSA) is 12.9 Å². The fraction of sp³-hybridized carbons (Fsp3) is 0. The lowest BCUT2D eigenvalue weighted by Crippen LogP contribution is -1.76. The molecule has 1 heterocycles. The Bertz CT molecular complexity index is 549. The van der Waals surface area contributed by atoms with E-state index in [0.717, 1.165) is 13.9 Å². The smallest absolute Gasteiger partial charge is 0.0758 e. The summed E-state index contributed by atoms with van der Waals surface area (Å²) in [5, 5.41) is 3.87. The van der Waals surface area contributed by atoms with E-state index in [2.05, 4.69) is 47.2 Å². The van der Waals surface area contributed by atoms with Gasteiger partial charge in [-0.15, -0.1) is 0 Å². The lowest BCUT2D eigenvalue weighted by Gasteiger charge is -2.00. The van der Waals surface area contributed by atoms with Gasteiger partial charge in [0.05, 0.1) is 5.52 Å². The third-order valence-electron chi connectivity index (χ3n) is 2.36. The van der Waals surface area contributed by atoms with Crippen molar-refractivity contribution in [3.05, 3.63) is 48.5 Å². The number of hydrogen-bond donors (Lipinski definition) is 0. The van der Waals surface area contributed by atoms with E-state index in [1.54, 1.807) is 0 Å². The van der Waals surface area contributed by atoms with E-state index < -0.39 is 0 Å². The zero-order valence-electron chi connectivity index (χ0n) is 7.51. The van der Waals surface area contributed by atoms with Gasteiger partial charge in [0.25, 0.3) is 0 Å². The summed E-state index contributed by atoms with van der Waals surface area (Å²) in [7, 11) is 1.06. The molecule has 0 radical (unpaired) electrons. The number of nitrogens with zero attached hydrogens (tertiary/aromatic N) is 1. The van der Waals surface area contributed by atoms with Crippen LogP contribution in [0.25, 0.3) is 21.4 Å². The summed E-state index contributed by atoms with van der Waals surface area (Å²) in [5.74, 6) is 0. The van der Waals surface area contributed by atoms with Crippen molar-refractivity contribution in [3.8, 4) is 0 Å². The highest BCUT2D eigenvalue weighted by Crippen LogP contribution is 2.28. The van der Waals surface area contributed by atoms with E-state index in [9.17, 15) is 0 Å². The summed E-state index contributed by atoms with van der Waals surface area (Å²) in [6, 6.07) is 16.7. The van der Waals surface area contributed by atoms with Crippen LogP contribution < -0.4 is 0 Å². The number of hydrogen-bond acceptors (Lipinski definition) is 1. The Morgan fingerprint density at radius 1 is 0.786 bits per heavy atom. The van der Waals surface area contributed by atoms with Crippen LogP contribution in [0.5, 0.6) is 0 Å². The minimum atomic E-state index is 1.06. The van der Waals surface area contributed by atoms with Gasteiger partial charge < -0.3 is 0 Å². The fourth-order valence-electron chi connectivity index (χ4n) is 1.68. The molecule has 0 aliphatic carbocycles. The van der Waals surface area contributed by atoms with Crippen LogP contribution in [0.1, 0.15) is 0 Å². The Balaban J connectivity index is 2.61. The molecule has 2 heteroatoms. The molecule has 0 fully saturated rings. The second-order valence-electron chi connectivity index (χ2n) is 3.23. The maximum atomic E-state index is 4.51. The molecule has 2 aromatic carbocycles. The lowest BCUT2D eigenvalue weighted by atomic mass is 10.1. The van der Waals surface area contributed by atoms with Crippen molar-refractivity contribution in [2.45, 2.75) is 0 Å². The van der Waals surface area contributed by atoms with Gasteiger partial charge in [-0.1, -0.05) is 36.4 Å². The van der Waals surface area contributed by atoms with E-state index in [0.29, 0.717) is 0 Å². The summed E-state index contributed by atoms with van der Waals surface area (Å²) in [6.45, 7) is 0. The van der Waals surface area contributed by atoms with Crippen LogP contribution >= 0.6 is 8.35 Å². The summed E-state index contributed by atoms with van der Waals surface area (Å²) in [4.78, 5) is 0. The molecule has 66 valence electrons. The summed E-state index contributed by atoms with van der Waals surface area (Å²) >= 11 is 0. The average molecular weight is 197 g/mol. The Kier molecular flexibility index (Phi) is 1.71. The molecule has 0 bridgehead atoms. The number of aromatic nitrogens is 1. The van der Waals surface area contributed by atoms with Gasteiger partial charge in [-0.3, -0.25) is 0 Å². The van der Waals surface area contributed by atoms with Crippen molar-refractivity contribution < 1.29 is 0 Å². The fourth-order valence-corrected chi connectivity index (χ4v) is 2.53. The highest BCUT2D eigenvalue weighted by molar-refractivity contribution is 7.32. The first kappa shape index (κ1) is 7.90. The molecule has 3 aromatic rings. The molecule has 14 heavy (non-hydrogen) atoms. The zero-order valence-corrected chi connectivity index (χ0v) is 8.41. The molecule has 0 saturated carbocycles. The van der Waals surface area contributed by atoms with Crippen LogP contribution in [0.2, 0.25) is 0 Å². The number of fused-ring (bicyclic) bond motifs is 3. The van der Waals surface area contributed by atoms with Gasteiger partial charge in [-0.05, 0) is 17.5 Å². The van der Waals surface area contributed by atoms with Crippen molar-refractivity contribution >= 4 is 29.8 Å². The van der Waals surface area contributed by atoms with Crippen molar-refractivity contribution in [1.82, 2.24) is 4.75 Å². The molecule has 0 atom stereocenters. The molecule has 0 N–H and O–H groups in total. The van der Waals surface area contributed by atoms with Crippen molar-refractivity contribution in [2.75, 3.05) is 0 Å². The van der Waals surface area contributed by atoms with Gasteiger partial charge in [0, 0.05) is 18.9 Å². The molecular formula is C12H8NP. The average Bonchev–Trinajstić information content (AvgIpc) is 2.29. The first-order valence-corrected chi connectivity index (χ1v) is 5.40. The molecule has 0 unspecified atom stereocenters. The van der Waals surface area contributed by atoms with E-state index in [1.165, 1.54) is 15.9 Å². The Hall–Kier alpha value is -1.46. The number of rotatable bonds is 0. The van der Waals surface area contributed by atoms with Crippen LogP contribution in [0, 0.1) is 0 Å². The minimum Gasteiger partial charge on any atom is -0.227 e. The maximum Gasteiger partial charge on any atom is 0.0758 e. The molecule has 0 saturated heterocycles. The van der Waals surface area contributed by atoms with Gasteiger partial charge in [0.1, 0.15) is 0 Å². The second-order valence-corrected chi connectivity index (χ2v) is 4.12. The zero-order chi connectivity index (χ0) is 9.38. The van der Waals surface area contributed by atoms with Crippen LogP contribution in [0.15, 0.2) is 48.5 Å². The van der Waals surface area contributed by atoms with E-state index in [4.69, 9.17) is 0 Å². The Morgan fingerprint density at radius 3 is 2.43 bits per heavy atom. The normalized spacial score (nSPS) is 11.4. The van der Waals surface area contributed by atoms with Crippen molar-refractivity contribution in [1.29, 1.82) is 0 Å².